The summed E-state index contributed by atoms with van der Waals surface area (Å²) in [6, 6.07) is 8.22. The lowest BCUT2D eigenvalue weighted by atomic mass is 9.99. The molecule has 0 bridgehead atoms. The van der Waals surface area contributed by atoms with Crippen molar-refractivity contribution >= 4 is 29.9 Å². The fraction of sp³-hybridized carbons (Fsp3) is 0.0667. The van der Waals surface area contributed by atoms with Gasteiger partial charge in [0.1, 0.15) is 0 Å². The van der Waals surface area contributed by atoms with Gasteiger partial charge in [0, 0.05) is 16.5 Å². The summed E-state index contributed by atoms with van der Waals surface area (Å²) in [5, 5.41) is 12.1. The Morgan fingerprint density at radius 3 is 2.86 bits per heavy atom. The fourth-order valence-electron chi connectivity index (χ4n) is 2.64. The molecule has 1 aromatic carbocycles. The minimum Gasteiger partial charge on any atom is -0.303 e. The first-order chi connectivity index (χ1) is 9.74. The summed E-state index contributed by atoms with van der Waals surface area (Å²) in [7, 11) is 0. The third kappa shape index (κ3) is 2.09. The Bertz CT molecular complexity index is 765. The molecule has 0 spiro atoms. The molecule has 6 heteroatoms. The number of rotatable bonds is 1. The smallest absolute Gasteiger partial charge is 0.250 e. The van der Waals surface area contributed by atoms with Crippen LogP contribution in [0.1, 0.15) is 6.42 Å². The number of para-hydroxylation sites is 1. The van der Waals surface area contributed by atoms with Gasteiger partial charge in [-0.05, 0) is 24.3 Å². The molecule has 0 saturated carbocycles. The van der Waals surface area contributed by atoms with Crippen molar-refractivity contribution < 1.29 is 4.92 Å². The minimum absolute atomic E-state index is 0. The SMILES string of the molecule is Cl.O=[N+]([O-])C1=CC2=CC=C3Sc4ccccc4N3C2=CC1. The van der Waals surface area contributed by atoms with E-state index in [4.69, 9.17) is 0 Å². The van der Waals surface area contributed by atoms with Crippen LogP contribution in [0.3, 0.4) is 0 Å². The highest BCUT2D eigenvalue weighted by Gasteiger charge is 2.32. The lowest BCUT2D eigenvalue weighted by Crippen LogP contribution is -2.22. The van der Waals surface area contributed by atoms with Crippen LogP contribution in [0.2, 0.25) is 0 Å². The second-order valence-corrected chi connectivity index (χ2v) is 5.78. The molecule has 0 saturated heterocycles. The van der Waals surface area contributed by atoms with E-state index in [1.165, 1.54) is 4.90 Å². The van der Waals surface area contributed by atoms with Gasteiger partial charge in [0.25, 0.3) is 5.70 Å². The number of nitrogens with zero attached hydrogens (tertiary/aromatic N) is 2. The summed E-state index contributed by atoms with van der Waals surface area (Å²) in [4.78, 5) is 14.0. The van der Waals surface area contributed by atoms with Gasteiger partial charge in [-0.3, -0.25) is 10.1 Å². The number of hydrogen-bond acceptors (Lipinski definition) is 4. The highest BCUT2D eigenvalue weighted by molar-refractivity contribution is 8.03. The molecule has 0 atom stereocenters. The molecule has 0 aromatic heterocycles. The van der Waals surface area contributed by atoms with Crippen molar-refractivity contribution in [1.29, 1.82) is 0 Å². The summed E-state index contributed by atoms with van der Waals surface area (Å²) < 4.78 is 0. The number of anilines is 1. The van der Waals surface area contributed by atoms with Crippen LogP contribution >= 0.6 is 24.2 Å². The number of halogens is 1. The normalized spacial score (nSPS) is 18.2. The monoisotopic (exact) mass is 318 g/mol. The van der Waals surface area contributed by atoms with Crippen molar-refractivity contribution in [3.05, 3.63) is 80.7 Å². The van der Waals surface area contributed by atoms with Gasteiger partial charge in [-0.1, -0.05) is 30.0 Å². The predicted molar refractivity (Wildman–Crippen MR) is 86.0 cm³/mol. The molecule has 0 N–H and O–H groups in total. The quantitative estimate of drug-likeness (QED) is 0.573. The van der Waals surface area contributed by atoms with Gasteiger partial charge in [-0.15, -0.1) is 12.4 Å². The zero-order chi connectivity index (χ0) is 13.7. The van der Waals surface area contributed by atoms with Crippen LogP contribution in [0.4, 0.5) is 5.69 Å². The van der Waals surface area contributed by atoms with Gasteiger partial charge in [-0.25, -0.2) is 0 Å². The van der Waals surface area contributed by atoms with E-state index in [0.717, 1.165) is 22.0 Å². The molecule has 3 aliphatic rings. The first-order valence-corrected chi connectivity index (χ1v) is 7.10. The Hall–Kier alpha value is -1.98. The molecule has 0 fully saturated rings. The van der Waals surface area contributed by atoms with Gasteiger partial charge in [0.2, 0.25) is 0 Å². The van der Waals surface area contributed by atoms with Crippen molar-refractivity contribution in [2.75, 3.05) is 4.90 Å². The van der Waals surface area contributed by atoms with E-state index in [1.54, 1.807) is 17.8 Å². The maximum absolute atomic E-state index is 10.9. The van der Waals surface area contributed by atoms with E-state index < -0.39 is 0 Å². The second-order valence-electron chi connectivity index (χ2n) is 4.72. The molecule has 1 aromatic rings. The molecule has 1 aliphatic carbocycles. The Kier molecular flexibility index (Phi) is 3.39. The van der Waals surface area contributed by atoms with Crippen LogP contribution < -0.4 is 4.90 Å². The minimum atomic E-state index is -0.306. The van der Waals surface area contributed by atoms with Gasteiger partial charge in [0.15, 0.2) is 0 Å². The summed E-state index contributed by atoms with van der Waals surface area (Å²) in [6.45, 7) is 0. The molecule has 4 nitrogen and oxygen atoms in total. The van der Waals surface area contributed by atoms with Crippen molar-refractivity contribution in [2.24, 2.45) is 0 Å². The van der Waals surface area contributed by atoms with Crippen LogP contribution in [-0.2, 0) is 0 Å². The van der Waals surface area contributed by atoms with Crippen LogP contribution in [0.15, 0.2) is 75.5 Å². The average molecular weight is 319 g/mol. The number of nitro groups is 1. The molecule has 2 aliphatic heterocycles. The van der Waals surface area contributed by atoms with E-state index in [-0.39, 0.29) is 23.0 Å². The van der Waals surface area contributed by atoms with Crippen molar-refractivity contribution in [3.8, 4) is 0 Å². The molecule has 4 rings (SSSR count). The van der Waals surface area contributed by atoms with Crippen molar-refractivity contribution in [2.45, 2.75) is 11.3 Å². The number of allylic oxidation sites excluding steroid dienone is 4. The Morgan fingerprint density at radius 1 is 1.24 bits per heavy atom. The maximum Gasteiger partial charge on any atom is 0.250 e. The van der Waals surface area contributed by atoms with Gasteiger partial charge < -0.3 is 4.90 Å². The predicted octanol–water partition coefficient (Wildman–Crippen LogP) is 4.25. The molecule has 2 heterocycles. The van der Waals surface area contributed by atoms with E-state index in [2.05, 4.69) is 17.0 Å². The topological polar surface area (TPSA) is 46.4 Å². The largest absolute Gasteiger partial charge is 0.303 e. The van der Waals surface area contributed by atoms with E-state index in [1.807, 2.05) is 30.4 Å². The zero-order valence-electron chi connectivity index (χ0n) is 10.9. The lowest BCUT2D eigenvalue weighted by molar-refractivity contribution is -0.426. The molecule has 106 valence electrons. The maximum atomic E-state index is 10.9. The van der Waals surface area contributed by atoms with Crippen LogP contribution in [0, 0.1) is 10.1 Å². The third-order valence-corrected chi connectivity index (χ3v) is 4.64. The van der Waals surface area contributed by atoms with E-state index in [9.17, 15) is 10.1 Å². The first kappa shape index (κ1) is 14.0. The van der Waals surface area contributed by atoms with Gasteiger partial charge >= 0.3 is 0 Å². The summed E-state index contributed by atoms with van der Waals surface area (Å²) in [5.74, 6) is 0. The Labute approximate surface area is 132 Å². The zero-order valence-corrected chi connectivity index (χ0v) is 12.5. The van der Waals surface area contributed by atoms with Crippen molar-refractivity contribution in [3.63, 3.8) is 0 Å². The van der Waals surface area contributed by atoms with Crippen LogP contribution in [0.25, 0.3) is 0 Å². The van der Waals surface area contributed by atoms with Gasteiger partial charge in [-0.2, -0.15) is 0 Å². The summed E-state index contributed by atoms with van der Waals surface area (Å²) in [5.41, 5.74) is 3.35. The molecule has 0 amide bonds. The van der Waals surface area contributed by atoms with Crippen LogP contribution in [-0.4, -0.2) is 4.92 Å². The number of thioether (sulfide) groups is 1. The highest BCUT2D eigenvalue weighted by atomic mass is 35.5. The van der Waals surface area contributed by atoms with E-state index in [0.29, 0.717) is 6.42 Å². The van der Waals surface area contributed by atoms with Crippen molar-refractivity contribution in [1.82, 2.24) is 0 Å². The molecule has 0 unspecified atom stereocenters. The fourth-order valence-corrected chi connectivity index (χ4v) is 3.70. The summed E-state index contributed by atoms with van der Waals surface area (Å²) >= 11 is 1.73. The van der Waals surface area contributed by atoms with Crippen LogP contribution in [0.5, 0.6) is 0 Å². The van der Waals surface area contributed by atoms with E-state index >= 15 is 0 Å². The first-order valence-electron chi connectivity index (χ1n) is 6.28. The Morgan fingerprint density at radius 2 is 2.05 bits per heavy atom. The third-order valence-electron chi connectivity index (χ3n) is 3.54. The lowest BCUT2D eigenvalue weighted by Gasteiger charge is -2.28. The van der Waals surface area contributed by atoms with Gasteiger partial charge in [0.05, 0.1) is 27.8 Å². The number of fused-ring (bicyclic) bond motifs is 5. The molecule has 0 radical (unpaired) electrons. The summed E-state index contributed by atoms with van der Waals surface area (Å²) in [6.07, 6.45) is 7.97. The standard InChI is InChI=1S/C15H10N2O2S.ClH/c18-17(19)11-6-7-12-10(9-11)5-8-15-16(12)13-3-1-2-4-14(13)20-15;/h1-5,7-9H,6H2;1H. The molecular weight excluding hydrogens is 308 g/mol. The second kappa shape index (κ2) is 5.09. The highest BCUT2D eigenvalue weighted by Crippen LogP contribution is 2.51. The molecule has 21 heavy (non-hydrogen) atoms. The number of benzene rings is 1. The Balaban J connectivity index is 0.00000132. The number of hydrogen-bond donors (Lipinski definition) is 0. The molecular formula is C15H11ClN2O2S. The average Bonchev–Trinajstić information content (AvgIpc) is 2.85.